The van der Waals surface area contributed by atoms with Crippen molar-refractivity contribution in [3.05, 3.63) is 76.1 Å². The zero-order valence-corrected chi connectivity index (χ0v) is 27.1. The van der Waals surface area contributed by atoms with E-state index in [0.29, 0.717) is 5.92 Å². The van der Waals surface area contributed by atoms with Gasteiger partial charge in [0.1, 0.15) is 5.76 Å². The summed E-state index contributed by atoms with van der Waals surface area (Å²) in [6, 6.07) is 14.6. The Morgan fingerprint density at radius 2 is 1.46 bits per heavy atom. The van der Waals surface area contributed by atoms with Gasteiger partial charge in [-0.05, 0) is 54.1 Å². The maximum absolute atomic E-state index is 11.5. The van der Waals surface area contributed by atoms with Crippen LogP contribution in [0.5, 0.6) is 0 Å². The van der Waals surface area contributed by atoms with Crippen LogP contribution in [-0.4, -0.2) is 15.9 Å². The summed E-state index contributed by atoms with van der Waals surface area (Å²) >= 11 is 0. The number of benzene rings is 2. The van der Waals surface area contributed by atoms with E-state index in [9.17, 15) is 9.90 Å². The van der Waals surface area contributed by atoms with E-state index in [0.717, 1.165) is 22.3 Å². The summed E-state index contributed by atoms with van der Waals surface area (Å²) in [5, 5.41) is 10.8. The number of hydrogen-bond donors (Lipinski definition) is 1. The molecule has 0 bridgehead atoms. The van der Waals surface area contributed by atoms with E-state index in [2.05, 4.69) is 77.9 Å². The van der Waals surface area contributed by atoms with E-state index < -0.39 is 5.41 Å². The standard InChI is InChI=1S/C22H24N.C11H20O2.Ir/c1-13(2)20-12-18-10-16(5)17(6)11-21(18)23-22(20)19-8-14(3)7-15(4)9-19;1-10(2,3)8(12)7-9(13)11(4,5)6;/h7-8,10-13H,1-6H3;7,12H,1-6H3;/q-1;;/b;8-7-;. The Labute approximate surface area is 238 Å². The molecule has 0 aliphatic carbocycles. The van der Waals surface area contributed by atoms with Crippen molar-refractivity contribution in [3.63, 3.8) is 0 Å². The van der Waals surface area contributed by atoms with Crippen LogP contribution in [-0.2, 0) is 24.9 Å². The van der Waals surface area contributed by atoms with E-state index in [-0.39, 0.29) is 37.1 Å². The van der Waals surface area contributed by atoms with Gasteiger partial charge in [0.05, 0.1) is 5.52 Å². The van der Waals surface area contributed by atoms with Gasteiger partial charge in [-0.15, -0.1) is 34.9 Å². The van der Waals surface area contributed by atoms with E-state index >= 15 is 0 Å². The molecule has 1 N–H and O–H groups in total. The van der Waals surface area contributed by atoms with E-state index in [1.165, 1.54) is 33.7 Å². The molecule has 3 aromatic rings. The molecule has 1 heterocycles. The number of allylic oxidation sites excluding steroid dienone is 2. The molecule has 0 saturated heterocycles. The van der Waals surface area contributed by atoms with E-state index in [4.69, 9.17) is 4.98 Å². The van der Waals surface area contributed by atoms with Gasteiger partial charge in [-0.2, -0.15) is 0 Å². The van der Waals surface area contributed by atoms with E-state index in [1.807, 2.05) is 41.5 Å². The minimum Gasteiger partial charge on any atom is -0.512 e. The average molecular weight is 679 g/mol. The van der Waals surface area contributed by atoms with Gasteiger partial charge < -0.3 is 5.11 Å². The number of fused-ring (bicyclic) bond motifs is 1. The summed E-state index contributed by atoms with van der Waals surface area (Å²) in [4.78, 5) is 16.5. The minimum absolute atomic E-state index is 0. The SMILES string of the molecule is CC(C)(C)C(=O)/C=C(\O)C(C)(C)C.Cc1[c-]c(-c2nc3cc(C)c(C)cc3cc2C(C)C)cc(C)c1.[Ir]. The summed E-state index contributed by atoms with van der Waals surface area (Å²) in [5.74, 6) is 0.532. The molecule has 0 saturated carbocycles. The van der Waals surface area contributed by atoms with Gasteiger partial charge in [0.2, 0.25) is 0 Å². The molecule has 0 spiro atoms. The van der Waals surface area contributed by atoms with Gasteiger partial charge in [0, 0.05) is 37.0 Å². The largest absolute Gasteiger partial charge is 0.512 e. The fraction of sp³-hybridized carbons (Fsp3) is 0.455. The van der Waals surface area contributed by atoms with Crippen molar-refractivity contribution in [2.75, 3.05) is 0 Å². The first kappa shape index (κ1) is 32.7. The van der Waals surface area contributed by atoms with Gasteiger partial charge in [0.15, 0.2) is 5.78 Å². The smallest absolute Gasteiger partial charge is 0.164 e. The van der Waals surface area contributed by atoms with Crippen molar-refractivity contribution in [2.24, 2.45) is 10.8 Å². The predicted molar refractivity (Wildman–Crippen MR) is 154 cm³/mol. The third-order valence-corrected chi connectivity index (χ3v) is 6.26. The number of carbonyl (C=O) groups is 1. The second-order valence-electron chi connectivity index (χ2n) is 12.4. The Morgan fingerprint density at radius 1 is 0.892 bits per heavy atom. The molecular weight excluding hydrogens is 635 g/mol. The number of carbonyl (C=O) groups excluding carboxylic acids is 1. The number of aryl methyl sites for hydroxylation is 4. The van der Waals surface area contributed by atoms with Gasteiger partial charge in [-0.1, -0.05) is 80.9 Å². The fourth-order valence-electron chi connectivity index (χ4n) is 3.69. The first-order chi connectivity index (χ1) is 16.4. The number of nitrogens with zero attached hydrogens (tertiary/aromatic N) is 1. The molecule has 0 atom stereocenters. The Kier molecular flexibility index (Phi) is 11.1. The van der Waals surface area contributed by atoms with Crippen LogP contribution in [0, 0.1) is 44.6 Å². The first-order valence-corrected chi connectivity index (χ1v) is 12.8. The Bertz CT molecular complexity index is 1270. The molecule has 1 radical (unpaired) electrons. The summed E-state index contributed by atoms with van der Waals surface area (Å²) in [6.45, 7) is 24.1. The topological polar surface area (TPSA) is 50.2 Å². The summed E-state index contributed by atoms with van der Waals surface area (Å²) in [7, 11) is 0. The number of ketones is 1. The molecule has 0 aliphatic heterocycles. The Morgan fingerprint density at radius 3 is 1.95 bits per heavy atom. The van der Waals surface area contributed by atoms with Crippen LogP contribution in [0.15, 0.2) is 42.2 Å². The van der Waals surface area contributed by atoms with Gasteiger partial charge >= 0.3 is 0 Å². The summed E-state index contributed by atoms with van der Waals surface area (Å²) in [6.07, 6.45) is 1.33. The van der Waals surface area contributed by atoms with E-state index in [1.54, 1.807) is 0 Å². The zero-order valence-electron chi connectivity index (χ0n) is 24.7. The molecule has 37 heavy (non-hydrogen) atoms. The molecule has 0 unspecified atom stereocenters. The van der Waals surface area contributed by atoms with Crippen LogP contribution >= 0.6 is 0 Å². The quantitative estimate of drug-likeness (QED) is 0.171. The first-order valence-electron chi connectivity index (χ1n) is 12.8. The van der Waals surface area contributed by atoms with Crippen LogP contribution in [0.1, 0.15) is 89.1 Å². The Balaban J connectivity index is 0.000000423. The van der Waals surface area contributed by atoms with Crippen molar-refractivity contribution in [1.82, 2.24) is 4.98 Å². The molecule has 0 aliphatic rings. The monoisotopic (exact) mass is 679 g/mol. The number of aromatic nitrogens is 1. The van der Waals surface area contributed by atoms with Gasteiger partial charge in [0.25, 0.3) is 0 Å². The fourth-order valence-corrected chi connectivity index (χ4v) is 3.69. The van der Waals surface area contributed by atoms with Crippen molar-refractivity contribution in [3.8, 4) is 11.3 Å². The molecule has 0 fully saturated rings. The molecule has 0 amide bonds. The molecule has 3 nitrogen and oxygen atoms in total. The second-order valence-corrected chi connectivity index (χ2v) is 12.4. The number of pyridine rings is 1. The number of hydrogen-bond acceptors (Lipinski definition) is 3. The van der Waals surface area contributed by atoms with Crippen molar-refractivity contribution >= 4 is 16.7 Å². The number of rotatable bonds is 3. The molecule has 3 rings (SSSR count). The normalized spacial score (nSPS) is 12.2. The van der Waals surface area contributed by atoms with Crippen LogP contribution in [0.25, 0.3) is 22.2 Å². The molecule has 1 aromatic heterocycles. The summed E-state index contributed by atoms with van der Waals surface area (Å²) in [5.41, 5.74) is 8.80. The third-order valence-electron chi connectivity index (χ3n) is 6.26. The summed E-state index contributed by atoms with van der Waals surface area (Å²) < 4.78 is 0. The zero-order chi connectivity index (χ0) is 27.6. The van der Waals surface area contributed by atoms with Crippen molar-refractivity contribution < 1.29 is 30.0 Å². The maximum atomic E-state index is 11.5. The predicted octanol–water partition coefficient (Wildman–Crippen LogP) is 9.15. The van der Waals surface area contributed by atoms with Crippen molar-refractivity contribution in [1.29, 1.82) is 0 Å². The number of aliphatic hydroxyl groups is 1. The van der Waals surface area contributed by atoms with Crippen molar-refractivity contribution in [2.45, 2.75) is 89.0 Å². The molecule has 2 aromatic carbocycles. The maximum Gasteiger partial charge on any atom is 0.164 e. The van der Waals surface area contributed by atoms with Crippen LogP contribution in [0.2, 0.25) is 0 Å². The van der Waals surface area contributed by atoms with Gasteiger partial charge in [-0.25, -0.2) is 0 Å². The Hall–Kier alpha value is -2.29. The number of aliphatic hydroxyl groups excluding tert-OH is 1. The van der Waals surface area contributed by atoms with Crippen LogP contribution in [0.3, 0.4) is 0 Å². The molecular formula is C33H44IrNO2-. The molecule has 203 valence electrons. The molecule has 4 heteroatoms. The average Bonchev–Trinajstić information content (AvgIpc) is 2.72. The second kappa shape index (κ2) is 12.5. The van der Waals surface area contributed by atoms with Crippen LogP contribution in [0.4, 0.5) is 0 Å². The van der Waals surface area contributed by atoms with Gasteiger partial charge in [-0.3, -0.25) is 9.78 Å². The van der Waals surface area contributed by atoms with Crippen LogP contribution < -0.4 is 0 Å². The third kappa shape index (κ3) is 8.90. The minimum atomic E-state index is -0.417.